The summed E-state index contributed by atoms with van der Waals surface area (Å²) in [7, 11) is 3.91. The number of rotatable bonds is 6. The van der Waals surface area contributed by atoms with Gasteiger partial charge in [-0.1, -0.05) is 51.8 Å². The lowest BCUT2D eigenvalue weighted by molar-refractivity contribution is -0.139. The first-order chi connectivity index (χ1) is 13.8. The van der Waals surface area contributed by atoms with Crippen molar-refractivity contribution in [1.29, 1.82) is 0 Å². The molecule has 1 saturated heterocycles. The van der Waals surface area contributed by atoms with Gasteiger partial charge in [-0.3, -0.25) is 9.59 Å². The van der Waals surface area contributed by atoms with Crippen LogP contribution in [-0.2, 0) is 9.59 Å². The number of Topliss-reactive ketones (excluding diaryl/α,β-unsaturated/α-hetero) is 1. The molecule has 1 fully saturated rings. The molecule has 0 bridgehead atoms. The standard InChI is InChI=1S/C22H22BrClN2O3/c1-25(2)12-3-13-26-19(14-6-10-17(24)11-7-14)18(21(28)22(26)29)20(27)15-4-8-16(23)9-5-15/h4-11,19,27H,3,12-13H2,1-2H3/t19-/m0/s1. The van der Waals surface area contributed by atoms with Gasteiger partial charge in [0.1, 0.15) is 5.76 Å². The minimum absolute atomic E-state index is 0.101. The van der Waals surface area contributed by atoms with Gasteiger partial charge in [0, 0.05) is 21.6 Å². The number of hydrogen-bond donors (Lipinski definition) is 1. The predicted molar refractivity (Wildman–Crippen MR) is 118 cm³/mol. The van der Waals surface area contributed by atoms with Crippen molar-refractivity contribution in [3.8, 4) is 0 Å². The van der Waals surface area contributed by atoms with Gasteiger partial charge in [0.15, 0.2) is 0 Å². The fourth-order valence-electron chi connectivity index (χ4n) is 3.42. The van der Waals surface area contributed by atoms with Crippen LogP contribution in [0.3, 0.4) is 0 Å². The minimum Gasteiger partial charge on any atom is -0.507 e. The second-order valence-corrected chi connectivity index (χ2v) is 8.56. The van der Waals surface area contributed by atoms with Crippen LogP contribution in [0.5, 0.6) is 0 Å². The van der Waals surface area contributed by atoms with Gasteiger partial charge < -0.3 is 14.9 Å². The van der Waals surface area contributed by atoms with Crippen LogP contribution in [0.15, 0.2) is 58.6 Å². The quantitative estimate of drug-likeness (QED) is 0.379. The van der Waals surface area contributed by atoms with Crippen molar-refractivity contribution >= 4 is 45.0 Å². The number of halogens is 2. The molecule has 0 spiro atoms. The summed E-state index contributed by atoms with van der Waals surface area (Å²) < 4.78 is 0.854. The zero-order valence-corrected chi connectivity index (χ0v) is 18.6. The molecule has 0 aromatic heterocycles. The Morgan fingerprint density at radius 3 is 2.31 bits per heavy atom. The van der Waals surface area contributed by atoms with E-state index < -0.39 is 17.7 Å². The second-order valence-electron chi connectivity index (χ2n) is 7.21. The molecule has 1 N–H and O–H groups in total. The van der Waals surface area contributed by atoms with Crippen LogP contribution in [0.1, 0.15) is 23.6 Å². The molecule has 0 unspecified atom stereocenters. The second kappa shape index (κ2) is 9.11. The third-order valence-electron chi connectivity index (χ3n) is 4.85. The molecule has 152 valence electrons. The SMILES string of the molecule is CN(C)CCCN1C(=O)C(=O)C(=C(O)c2ccc(Br)cc2)[C@@H]1c1ccc(Cl)cc1. The fraction of sp³-hybridized carbons (Fsp3) is 0.273. The molecule has 3 rings (SSSR count). The molecule has 29 heavy (non-hydrogen) atoms. The molecule has 1 atom stereocenters. The molecule has 2 aromatic rings. The van der Waals surface area contributed by atoms with E-state index in [2.05, 4.69) is 15.9 Å². The summed E-state index contributed by atoms with van der Waals surface area (Å²) in [6.45, 7) is 1.19. The van der Waals surface area contributed by atoms with E-state index in [0.29, 0.717) is 23.6 Å². The number of amides is 1. The van der Waals surface area contributed by atoms with Gasteiger partial charge >= 0.3 is 0 Å². The van der Waals surface area contributed by atoms with E-state index in [4.69, 9.17) is 11.6 Å². The molecule has 0 aliphatic carbocycles. The Bertz CT molecular complexity index is 940. The third-order valence-corrected chi connectivity index (χ3v) is 5.63. The van der Waals surface area contributed by atoms with E-state index >= 15 is 0 Å². The zero-order chi connectivity index (χ0) is 21.1. The summed E-state index contributed by atoms with van der Waals surface area (Å²) in [5.74, 6) is -1.44. The molecular weight excluding hydrogens is 456 g/mol. The number of hydrogen-bond acceptors (Lipinski definition) is 4. The van der Waals surface area contributed by atoms with Crippen molar-refractivity contribution in [1.82, 2.24) is 9.80 Å². The zero-order valence-electron chi connectivity index (χ0n) is 16.2. The average Bonchev–Trinajstić information content (AvgIpc) is 2.93. The highest BCUT2D eigenvalue weighted by atomic mass is 79.9. The Hall–Kier alpha value is -2.15. The van der Waals surface area contributed by atoms with Gasteiger partial charge in [-0.25, -0.2) is 0 Å². The molecule has 1 aliphatic rings. The maximum atomic E-state index is 12.9. The Kier molecular flexibility index (Phi) is 6.77. The van der Waals surface area contributed by atoms with Gasteiger partial charge in [0.05, 0.1) is 11.6 Å². The van der Waals surface area contributed by atoms with Crippen molar-refractivity contribution in [2.75, 3.05) is 27.2 Å². The Morgan fingerprint density at radius 1 is 1.10 bits per heavy atom. The number of aliphatic hydroxyl groups excluding tert-OH is 1. The highest BCUT2D eigenvalue weighted by Gasteiger charge is 2.45. The molecule has 2 aromatic carbocycles. The lowest BCUT2D eigenvalue weighted by atomic mass is 9.95. The Morgan fingerprint density at radius 2 is 1.72 bits per heavy atom. The van der Waals surface area contributed by atoms with Crippen LogP contribution in [0, 0.1) is 0 Å². The summed E-state index contributed by atoms with van der Waals surface area (Å²) in [6, 6.07) is 13.3. The number of benzene rings is 2. The first-order valence-corrected chi connectivity index (χ1v) is 10.4. The van der Waals surface area contributed by atoms with Gasteiger partial charge in [0.25, 0.3) is 11.7 Å². The first-order valence-electron chi connectivity index (χ1n) is 9.24. The smallest absolute Gasteiger partial charge is 0.295 e. The van der Waals surface area contributed by atoms with Crippen LogP contribution in [0.2, 0.25) is 5.02 Å². The van der Waals surface area contributed by atoms with Gasteiger partial charge in [-0.05, 0) is 56.9 Å². The molecule has 1 heterocycles. The average molecular weight is 478 g/mol. The molecular formula is C22H22BrClN2O3. The summed E-state index contributed by atoms with van der Waals surface area (Å²) in [5.41, 5.74) is 1.32. The summed E-state index contributed by atoms with van der Waals surface area (Å²) >= 11 is 9.38. The number of aliphatic hydroxyl groups is 1. The summed E-state index contributed by atoms with van der Waals surface area (Å²) in [6.07, 6.45) is 0.711. The van der Waals surface area contributed by atoms with Crippen molar-refractivity contribution in [2.24, 2.45) is 0 Å². The minimum atomic E-state index is -0.671. The number of likely N-dealkylation sites (tertiary alicyclic amines) is 1. The maximum absolute atomic E-state index is 12.9. The lowest BCUT2D eigenvalue weighted by Crippen LogP contribution is -2.32. The van der Waals surface area contributed by atoms with Crippen LogP contribution in [0.4, 0.5) is 0 Å². The number of carbonyl (C=O) groups excluding carboxylic acids is 2. The Balaban J connectivity index is 2.07. The van der Waals surface area contributed by atoms with Crippen LogP contribution < -0.4 is 0 Å². The number of nitrogens with zero attached hydrogens (tertiary/aromatic N) is 2. The van der Waals surface area contributed by atoms with Gasteiger partial charge in [-0.15, -0.1) is 0 Å². The van der Waals surface area contributed by atoms with Crippen LogP contribution >= 0.6 is 27.5 Å². The normalized spacial score (nSPS) is 18.7. The van der Waals surface area contributed by atoms with Crippen molar-refractivity contribution in [3.05, 3.63) is 74.7 Å². The van der Waals surface area contributed by atoms with Gasteiger partial charge in [0.2, 0.25) is 0 Å². The highest BCUT2D eigenvalue weighted by Crippen LogP contribution is 2.39. The van der Waals surface area contributed by atoms with E-state index in [-0.39, 0.29) is 11.3 Å². The first kappa shape index (κ1) is 21.6. The topological polar surface area (TPSA) is 60.9 Å². The van der Waals surface area contributed by atoms with Gasteiger partial charge in [-0.2, -0.15) is 0 Å². The molecule has 7 heteroatoms. The van der Waals surface area contributed by atoms with Crippen molar-refractivity contribution in [3.63, 3.8) is 0 Å². The molecule has 1 aliphatic heterocycles. The van der Waals surface area contributed by atoms with E-state index in [9.17, 15) is 14.7 Å². The maximum Gasteiger partial charge on any atom is 0.295 e. The van der Waals surface area contributed by atoms with E-state index in [1.165, 1.54) is 0 Å². The molecule has 0 radical (unpaired) electrons. The van der Waals surface area contributed by atoms with Crippen LogP contribution in [-0.4, -0.2) is 53.8 Å². The largest absolute Gasteiger partial charge is 0.507 e. The predicted octanol–water partition coefficient (Wildman–Crippen LogP) is 4.48. The lowest BCUT2D eigenvalue weighted by Gasteiger charge is -2.26. The third kappa shape index (κ3) is 4.71. The molecule has 0 saturated carbocycles. The van der Waals surface area contributed by atoms with E-state index in [1.807, 2.05) is 19.0 Å². The Labute approximate surface area is 183 Å². The molecule has 1 amide bonds. The molecule has 5 nitrogen and oxygen atoms in total. The monoisotopic (exact) mass is 476 g/mol. The van der Waals surface area contributed by atoms with Crippen molar-refractivity contribution < 1.29 is 14.7 Å². The van der Waals surface area contributed by atoms with Crippen LogP contribution in [0.25, 0.3) is 5.76 Å². The number of ketones is 1. The summed E-state index contributed by atoms with van der Waals surface area (Å²) in [5, 5.41) is 11.5. The number of carbonyl (C=O) groups is 2. The van der Waals surface area contributed by atoms with Crippen molar-refractivity contribution in [2.45, 2.75) is 12.5 Å². The summed E-state index contributed by atoms with van der Waals surface area (Å²) in [4.78, 5) is 29.3. The highest BCUT2D eigenvalue weighted by molar-refractivity contribution is 9.10. The van der Waals surface area contributed by atoms with E-state index in [1.54, 1.807) is 53.4 Å². The van der Waals surface area contributed by atoms with E-state index in [0.717, 1.165) is 16.6 Å². The fourth-order valence-corrected chi connectivity index (χ4v) is 3.81.